The quantitative estimate of drug-likeness (QED) is 0.804. The highest BCUT2D eigenvalue weighted by atomic mass is 19.1. The van der Waals surface area contributed by atoms with E-state index in [0.29, 0.717) is 12.1 Å². The van der Waals surface area contributed by atoms with Crippen LogP contribution in [0.2, 0.25) is 0 Å². The van der Waals surface area contributed by atoms with Crippen molar-refractivity contribution >= 4 is 0 Å². The lowest BCUT2D eigenvalue weighted by Gasteiger charge is -2.18. The molecule has 3 aromatic rings. The smallest absolute Gasteiger partial charge is 0.128 e. The van der Waals surface area contributed by atoms with Gasteiger partial charge in [0.2, 0.25) is 0 Å². The van der Waals surface area contributed by atoms with Gasteiger partial charge in [0.05, 0.1) is 6.54 Å². The van der Waals surface area contributed by atoms with Gasteiger partial charge in [-0.2, -0.15) is 5.10 Å². The van der Waals surface area contributed by atoms with Crippen LogP contribution in [0.5, 0.6) is 0 Å². The predicted octanol–water partition coefficient (Wildman–Crippen LogP) is 3.38. The molecule has 0 spiro atoms. The Hall–Kier alpha value is -2.46. The van der Waals surface area contributed by atoms with Crippen molar-refractivity contribution in [1.29, 1.82) is 0 Å². The summed E-state index contributed by atoms with van der Waals surface area (Å²) in [6.07, 6.45) is 4.57. The van der Waals surface area contributed by atoms with Crippen LogP contribution in [0.3, 0.4) is 0 Å². The van der Waals surface area contributed by atoms with Crippen LogP contribution in [0, 0.1) is 5.82 Å². The number of rotatable bonds is 3. The van der Waals surface area contributed by atoms with E-state index >= 15 is 0 Å². The van der Waals surface area contributed by atoms with E-state index < -0.39 is 0 Å². The lowest BCUT2D eigenvalue weighted by atomic mass is 9.95. The second-order valence-electron chi connectivity index (χ2n) is 5.92. The van der Waals surface area contributed by atoms with Crippen LogP contribution in [-0.4, -0.2) is 16.3 Å². The van der Waals surface area contributed by atoms with Crippen LogP contribution in [-0.2, 0) is 19.5 Å². The highest BCUT2D eigenvalue weighted by molar-refractivity contribution is 5.65. The van der Waals surface area contributed by atoms with Gasteiger partial charge < -0.3 is 5.32 Å². The van der Waals surface area contributed by atoms with E-state index in [2.05, 4.69) is 28.6 Å². The first-order valence-electron chi connectivity index (χ1n) is 7.88. The predicted molar refractivity (Wildman–Crippen MR) is 88.6 cm³/mol. The largest absolute Gasteiger partial charge is 0.312 e. The van der Waals surface area contributed by atoms with E-state index in [1.165, 1.54) is 11.1 Å². The molecule has 4 heteroatoms. The lowest BCUT2D eigenvalue weighted by molar-refractivity contribution is 0.585. The molecule has 0 unspecified atom stereocenters. The molecule has 1 aromatic heterocycles. The zero-order valence-electron chi connectivity index (χ0n) is 12.8. The molecular formula is C19H18FN3. The van der Waals surface area contributed by atoms with Crippen LogP contribution >= 0.6 is 0 Å². The third-order valence-corrected chi connectivity index (χ3v) is 4.37. The molecule has 0 radical (unpaired) electrons. The van der Waals surface area contributed by atoms with E-state index in [9.17, 15) is 4.39 Å². The summed E-state index contributed by atoms with van der Waals surface area (Å²) in [6, 6.07) is 13.7. The third kappa shape index (κ3) is 2.90. The molecule has 0 fully saturated rings. The zero-order valence-corrected chi connectivity index (χ0v) is 12.8. The number of hydrogen-bond donors (Lipinski definition) is 1. The van der Waals surface area contributed by atoms with E-state index in [1.807, 2.05) is 24.4 Å². The third-order valence-electron chi connectivity index (χ3n) is 4.37. The minimum absolute atomic E-state index is 0.183. The van der Waals surface area contributed by atoms with Gasteiger partial charge in [0.1, 0.15) is 5.82 Å². The van der Waals surface area contributed by atoms with Gasteiger partial charge in [-0.25, -0.2) is 4.39 Å². The van der Waals surface area contributed by atoms with Gasteiger partial charge in [-0.3, -0.25) is 4.68 Å². The molecule has 1 N–H and O–H groups in total. The summed E-state index contributed by atoms with van der Waals surface area (Å²) in [5, 5.41) is 7.49. The highest BCUT2D eigenvalue weighted by Crippen LogP contribution is 2.26. The van der Waals surface area contributed by atoms with Crippen LogP contribution in [0.1, 0.15) is 16.7 Å². The number of hydrogen-bond acceptors (Lipinski definition) is 2. The normalized spacial score (nSPS) is 13.8. The first kappa shape index (κ1) is 14.2. The molecule has 2 aromatic carbocycles. The molecule has 0 amide bonds. The zero-order chi connectivity index (χ0) is 15.6. The van der Waals surface area contributed by atoms with Crippen LogP contribution in [0.25, 0.3) is 11.1 Å². The molecule has 0 bridgehead atoms. The highest BCUT2D eigenvalue weighted by Gasteiger charge is 2.11. The van der Waals surface area contributed by atoms with Crippen molar-refractivity contribution in [3.63, 3.8) is 0 Å². The standard InChI is InChI=1S/C19H18FN3/c20-19-11-15(3-5-18(19)13-23-9-1-7-22-23)14-2-4-17-12-21-8-6-16(17)10-14/h1-5,7,9-11,21H,6,8,12-13H2. The Kier molecular flexibility index (Phi) is 3.67. The van der Waals surface area contributed by atoms with Gasteiger partial charge in [-0.05, 0) is 47.4 Å². The van der Waals surface area contributed by atoms with Crippen molar-refractivity contribution < 1.29 is 4.39 Å². The number of nitrogens with zero attached hydrogens (tertiary/aromatic N) is 2. The molecular weight excluding hydrogens is 289 g/mol. The van der Waals surface area contributed by atoms with Gasteiger partial charge in [-0.15, -0.1) is 0 Å². The molecule has 0 saturated carbocycles. The van der Waals surface area contributed by atoms with Gasteiger partial charge in [0.25, 0.3) is 0 Å². The molecule has 23 heavy (non-hydrogen) atoms. The topological polar surface area (TPSA) is 29.9 Å². The maximum absolute atomic E-state index is 14.4. The van der Waals surface area contributed by atoms with Crippen molar-refractivity contribution in [2.75, 3.05) is 6.54 Å². The van der Waals surface area contributed by atoms with Gasteiger partial charge >= 0.3 is 0 Å². The fourth-order valence-electron chi connectivity index (χ4n) is 3.08. The molecule has 1 aliphatic rings. The van der Waals surface area contributed by atoms with Crippen molar-refractivity contribution in [3.8, 4) is 11.1 Å². The summed E-state index contributed by atoms with van der Waals surface area (Å²) in [6.45, 7) is 2.38. The molecule has 0 atom stereocenters. The minimum atomic E-state index is -0.183. The summed E-state index contributed by atoms with van der Waals surface area (Å²) in [5.74, 6) is -0.183. The molecule has 4 rings (SSSR count). The Morgan fingerprint density at radius 3 is 2.78 bits per heavy atom. The molecule has 1 aliphatic heterocycles. The second-order valence-corrected chi connectivity index (χ2v) is 5.92. The van der Waals surface area contributed by atoms with Crippen molar-refractivity contribution in [2.24, 2.45) is 0 Å². The van der Waals surface area contributed by atoms with E-state index in [0.717, 1.165) is 30.6 Å². The van der Waals surface area contributed by atoms with Crippen molar-refractivity contribution in [3.05, 3.63) is 77.4 Å². The van der Waals surface area contributed by atoms with Crippen LogP contribution in [0.15, 0.2) is 54.9 Å². The summed E-state index contributed by atoms with van der Waals surface area (Å²) in [4.78, 5) is 0. The van der Waals surface area contributed by atoms with Gasteiger partial charge in [0.15, 0.2) is 0 Å². The molecule has 0 aliphatic carbocycles. The Morgan fingerprint density at radius 2 is 1.96 bits per heavy atom. The van der Waals surface area contributed by atoms with Gasteiger partial charge in [-0.1, -0.05) is 30.3 Å². The van der Waals surface area contributed by atoms with Crippen LogP contribution in [0.4, 0.5) is 4.39 Å². The Bertz CT molecular complexity index is 825. The average molecular weight is 307 g/mol. The van der Waals surface area contributed by atoms with Crippen molar-refractivity contribution in [1.82, 2.24) is 15.1 Å². The van der Waals surface area contributed by atoms with E-state index in [-0.39, 0.29) is 5.82 Å². The Labute approximate surface area is 134 Å². The number of fused-ring (bicyclic) bond motifs is 1. The van der Waals surface area contributed by atoms with Crippen molar-refractivity contribution in [2.45, 2.75) is 19.5 Å². The molecule has 116 valence electrons. The maximum Gasteiger partial charge on any atom is 0.128 e. The number of halogens is 1. The van der Waals surface area contributed by atoms with E-state index in [4.69, 9.17) is 0 Å². The summed E-state index contributed by atoms with van der Waals surface area (Å²) >= 11 is 0. The Morgan fingerprint density at radius 1 is 1.09 bits per heavy atom. The monoisotopic (exact) mass is 307 g/mol. The van der Waals surface area contributed by atoms with Crippen LogP contribution < -0.4 is 5.32 Å². The summed E-state index contributed by atoms with van der Waals surface area (Å²) < 4.78 is 16.1. The fraction of sp³-hybridized carbons (Fsp3) is 0.211. The second kappa shape index (κ2) is 5.97. The summed E-state index contributed by atoms with van der Waals surface area (Å²) in [7, 11) is 0. The lowest BCUT2D eigenvalue weighted by Crippen LogP contribution is -2.23. The van der Waals surface area contributed by atoms with E-state index in [1.54, 1.807) is 16.9 Å². The average Bonchev–Trinajstić information content (AvgIpc) is 3.09. The minimum Gasteiger partial charge on any atom is -0.312 e. The summed E-state index contributed by atoms with van der Waals surface area (Å²) in [5.41, 5.74) is 5.36. The number of aromatic nitrogens is 2. The Balaban J connectivity index is 1.63. The molecule has 0 saturated heterocycles. The fourth-order valence-corrected chi connectivity index (χ4v) is 3.08. The number of benzene rings is 2. The maximum atomic E-state index is 14.4. The van der Waals surface area contributed by atoms with Gasteiger partial charge in [0, 0.05) is 24.5 Å². The molecule has 2 heterocycles. The molecule has 3 nitrogen and oxygen atoms in total. The SMILES string of the molecule is Fc1cc(-c2ccc3c(c2)CCNC3)ccc1Cn1cccn1. The number of nitrogens with one attached hydrogen (secondary N) is 1. The first-order valence-corrected chi connectivity index (χ1v) is 7.88. The first-order chi connectivity index (χ1) is 11.3.